The van der Waals surface area contributed by atoms with E-state index in [4.69, 9.17) is 4.74 Å². The van der Waals surface area contributed by atoms with Crippen molar-refractivity contribution in [2.45, 2.75) is 39.2 Å². The Labute approximate surface area is 174 Å². The predicted octanol–water partition coefficient (Wildman–Crippen LogP) is 5.88. The lowest BCUT2D eigenvalue weighted by Crippen LogP contribution is -2.23. The van der Waals surface area contributed by atoms with E-state index in [0.29, 0.717) is 17.7 Å². The van der Waals surface area contributed by atoms with Crippen molar-refractivity contribution in [1.29, 1.82) is 0 Å². The lowest BCUT2D eigenvalue weighted by molar-refractivity contribution is 0.0950. The van der Waals surface area contributed by atoms with E-state index in [9.17, 15) is 9.18 Å². The van der Waals surface area contributed by atoms with E-state index in [1.165, 1.54) is 24.2 Å². The standard InChI is InChI=1S/C23H25FN2O2S/c1-2-3-4-5-6-7-13-28-20-10-8-9-18(22(20)24)15-25-23(27)17-11-12-19-21(14-17)29-16-26-19/h6-12,14,16H,2-5,13,15H2,1H3,(H,25,27). The van der Waals surface area contributed by atoms with E-state index < -0.39 is 5.82 Å². The number of hydrogen-bond donors (Lipinski definition) is 1. The number of fused-ring (bicyclic) bond motifs is 1. The van der Waals surface area contributed by atoms with Gasteiger partial charge in [0.1, 0.15) is 6.61 Å². The molecule has 1 aromatic heterocycles. The number of amides is 1. The van der Waals surface area contributed by atoms with Crippen LogP contribution < -0.4 is 10.1 Å². The molecule has 3 rings (SSSR count). The number of rotatable bonds is 10. The third-order valence-corrected chi connectivity index (χ3v) is 5.34. The van der Waals surface area contributed by atoms with E-state index in [2.05, 4.69) is 23.3 Å². The van der Waals surface area contributed by atoms with Gasteiger partial charge in [-0.1, -0.05) is 44.1 Å². The minimum absolute atomic E-state index is 0.0927. The molecule has 29 heavy (non-hydrogen) atoms. The molecule has 0 saturated carbocycles. The van der Waals surface area contributed by atoms with Gasteiger partial charge in [0.05, 0.1) is 15.7 Å². The topological polar surface area (TPSA) is 51.2 Å². The number of ether oxygens (including phenoxy) is 1. The van der Waals surface area contributed by atoms with E-state index in [1.54, 1.807) is 35.8 Å². The molecule has 3 aromatic rings. The first-order valence-corrected chi connectivity index (χ1v) is 10.7. The average molecular weight is 413 g/mol. The molecule has 0 aliphatic rings. The zero-order chi connectivity index (χ0) is 20.5. The Morgan fingerprint density at radius 3 is 3.00 bits per heavy atom. The van der Waals surface area contributed by atoms with E-state index >= 15 is 0 Å². The van der Waals surface area contributed by atoms with Crippen molar-refractivity contribution in [2.24, 2.45) is 0 Å². The number of thiazole rings is 1. The minimum Gasteiger partial charge on any atom is -0.486 e. The molecule has 1 N–H and O–H groups in total. The van der Waals surface area contributed by atoms with Crippen molar-refractivity contribution in [3.8, 4) is 5.75 Å². The molecule has 0 aliphatic heterocycles. The highest BCUT2D eigenvalue weighted by molar-refractivity contribution is 7.16. The Morgan fingerprint density at radius 1 is 1.24 bits per heavy atom. The molecule has 0 aliphatic carbocycles. The molecule has 1 heterocycles. The summed E-state index contributed by atoms with van der Waals surface area (Å²) in [6.07, 6.45) is 8.56. The third kappa shape index (κ3) is 5.87. The third-order valence-electron chi connectivity index (χ3n) is 4.55. The van der Waals surface area contributed by atoms with Crippen molar-refractivity contribution >= 4 is 27.5 Å². The molecule has 4 nitrogen and oxygen atoms in total. The van der Waals surface area contributed by atoms with Crippen LogP contribution in [0.15, 0.2) is 54.1 Å². The zero-order valence-corrected chi connectivity index (χ0v) is 17.3. The minimum atomic E-state index is -0.440. The predicted molar refractivity (Wildman–Crippen MR) is 116 cm³/mol. The van der Waals surface area contributed by atoms with E-state index in [1.807, 2.05) is 12.1 Å². The molecule has 0 fully saturated rings. The second-order valence-corrected chi connectivity index (χ2v) is 7.61. The van der Waals surface area contributed by atoms with Gasteiger partial charge in [0.2, 0.25) is 0 Å². The van der Waals surface area contributed by atoms with E-state index in [-0.39, 0.29) is 18.2 Å². The summed E-state index contributed by atoms with van der Waals surface area (Å²) in [6, 6.07) is 10.3. The van der Waals surface area contributed by atoms with Crippen LogP contribution in [0.2, 0.25) is 0 Å². The number of halogens is 1. The summed E-state index contributed by atoms with van der Waals surface area (Å²) < 4.78 is 21.1. The number of allylic oxidation sites excluding steroid dienone is 1. The van der Waals surface area contributed by atoms with Crippen LogP contribution in [-0.2, 0) is 6.54 Å². The molecular formula is C23H25FN2O2S. The van der Waals surface area contributed by atoms with Crippen LogP contribution in [0, 0.1) is 5.82 Å². The molecule has 6 heteroatoms. The number of nitrogens with one attached hydrogen (secondary N) is 1. The van der Waals surface area contributed by atoms with Crippen LogP contribution in [0.1, 0.15) is 48.5 Å². The number of aromatic nitrogens is 1. The Hall–Kier alpha value is -2.73. The normalized spacial score (nSPS) is 11.2. The van der Waals surface area contributed by atoms with Crippen molar-refractivity contribution in [2.75, 3.05) is 6.61 Å². The summed E-state index contributed by atoms with van der Waals surface area (Å²) in [5.74, 6) is -0.493. The number of carbonyl (C=O) groups is 1. The van der Waals surface area contributed by atoms with Gasteiger partial charge in [0.15, 0.2) is 11.6 Å². The van der Waals surface area contributed by atoms with Crippen molar-refractivity contribution in [3.63, 3.8) is 0 Å². The van der Waals surface area contributed by atoms with Gasteiger partial charge in [-0.3, -0.25) is 4.79 Å². The molecule has 2 aromatic carbocycles. The van der Waals surface area contributed by atoms with Crippen LogP contribution >= 0.6 is 11.3 Å². The molecule has 1 amide bonds. The van der Waals surface area contributed by atoms with Crippen molar-refractivity contribution in [1.82, 2.24) is 10.3 Å². The number of hydrogen-bond acceptors (Lipinski definition) is 4. The first-order valence-electron chi connectivity index (χ1n) is 9.85. The highest BCUT2D eigenvalue weighted by Gasteiger charge is 2.12. The fourth-order valence-electron chi connectivity index (χ4n) is 2.91. The fourth-order valence-corrected chi connectivity index (χ4v) is 3.63. The Kier molecular flexibility index (Phi) is 7.76. The largest absolute Gasteiger partial charge is 0.486 e. The first-order chi connectivity index (χ1) is 14.2. The summed E-state index contributed by atoms with van der Waals surface area (Å²) in [4.78, 5) is 16.6. The first kappa shape index (κ1) is 21.0. The number of carbonyl (C=O) groups excluding carboxylic acids is 1. The number of nitrogens with zero attached hydrogens (tertiary/aromatic N) is 1. The second-order valence-electron chi connectivity index (χ2n) is 6.72. The smallest absolute Gasteiger partial charge is 0.251 e. The maximum atomic E-state index is 14.7. The van der Waals surface area contributed by atoms with Crippen LogP contribution in [0.5, 0.6) is 5.75 Å². The van der Waals surface area contributed by atoms with Gasteiger partial charge in [-0.15, -0.1) is 11.3 Å². The fraction of sp³-hybridized carbons (Fsp3) is 0.304. The summed E-state index contributed by atoms with van der Waals surface area (Å²) >= 11 is 1.48. The van der Waals surface area contributed by atoms with Gasteiger partial charge < -0.3 is 10.1 Å². The lowest BCUT2D eigenvalue weighted by Gasteiger charge is -2.10. The molecule has 0 unspecified atom stereocenters. The molecular weight excluding hydrogens is 387 g/mol. The number of unbranched alkanes of at least 4 members (excludes halogenated alkanes) is 3. The maximum absolute atomic E-state index is 14.7. The lowest BCUT2D eigenvalue weighted by atomic mass is 10.1. The highest BCUT2D eigenvalue weighted by Crippen LogP contribution is 2.21. The molecule has 0 saturated heterocycles. The average Bonchev–Trinajstić information content (AvgIpc) is 3.21. The van der Waals surface area contributed by atoms with Crippen LogP contribution in [0.4, 0.5) is 4.39 Å². The van der Waals surface area contributed by atoms with Gasteiger partial charge in [-0.05, 0) is 37.1 Å². The molecule has 0 bridgehead atoms. The van der Waals surface area contributed by atoms with E-state index in [0.717, 1.165) is 23.1 Å². The molecule has 0 atom stereocenters. The van der Waals surface area contributed by atoms with Gasteiger partial charge in [0, 0.05) is 17.7 Å². The van der Waals surface area contributed by atoms with Gasteiger partial charge in [-0.2, -0.15) is 0 Å². The quantitative estimate of drug-likeness (QED) is 0.334. The van der Waals surface area contributed by atoms with Crippen molar-refractivity contribution in [3.05, 3.63) is 71.0 Å². The van der Waals surface area contributed by atoms with Crippen molar-refractivity contribution < 1.29 is 13.9 Å². The van der Waals surface area contributed by atoms with Gasteiger partial charge in [0.25, 0.3) is 5.91 Å². The summed E-state index contributed by atoms with van der Waals surface area (Å²) in [5, 5.41) is 2.77. The summed E-state index contributed by atoms with van der Waals surface area (Å²) in [5.41, 5.74) is 3.53. The number of benzene rings is 2. The second kappa shape index (κ2) is 10.7. The van der Waals surface area contributed by atoms with Crippen LogP contribution in [-0.4, -0.2) is 17.5 Å². The maximum Gasteiger partial charge on any atom is 0.251 e. The zero-order valence-electron chi connectivity index (χ0n) is 16.5. The molecule has 152 valence electrons. The van der Waals surface area contributed by atoms with Crippen LogP contribution in [0.25, 0.3) is 10.2 Å². The Bertz CT molecular complexity index is 984. The monoisotopic (exact) mass is 412 g/mol. The summed E-state index contributed by atoms with van der Waals surface area (Å²) in [7, 11) is 0. The van der Waals surface area contributed by atoms with Gasteiger partial charge >= 0.3 is 0 Å². The Morgan fingerprint density at radius 2 is 2.14 bits per heavy atom. The van der Waals surface area contributed by atoms with Crippen LogP contribution in [0.3, 0.4) is 0 Å². The molecule has 0 radical (unpaired) electrons. The SMILES string of the molecule is CCCCCC=CCOc1cccc(CNC(=O)c2ccc3ncsc3c2)c1F. The Balaban J connectivity index is 1.54. The molecule has 0 spiro atoms. The van der Waals surface area contributed by atoms with Gasteiger partial charge in [-0.25, -0.2) is 9.37 Å². The summed E-state index contributed by atoms with van der Waals surface area (Å²) in [6.45, 7) is 2.59. The highest BCUT2D eigenvalue weighted by atomic mass is 32.1.